The molecule has 1 heterocycles. The van der Waals surface area contributed by atoms with Gasteiger partial charge in [-0.2, -0.15) is 0 Å². The Balaban J connectivity index is 1.42. The third-order valence-electron chi connectivity index (χ3n) is 3.49. The molecule has 0 aliphatic rings. The monoisotopic (exact) mass is 326 g/mol. The fourth-order valence-electron chi connectivity index (χ4n) is 2.26. The lowest BCUT2D eigenvalue weighted by atomic mass is 10.2. The molecule has 0 N–H and O–H groups in total. The Labute approximate surface area is 139 Å². The van der Waals surface area contributed by atoms with Crippen LogP contribution in [-0.2, 0) is 16.1 Å². The van der Waals surface area contributed by atoms with Crippen LogP contribution in [0.3, 0.4) is 0 Å². The van der Waals surface area contributed by atoms with Crippen LogP contribution < -0.4 is 9.47 Å². The fourth-order valence-corrected chi connectivity index (χ4v) is 2.26. The van der Waals surface area contributed by atoms with E-state index in [1.165, 1.54) is 0 Å². The molecule has 5 heteroatoms. The zero-order chi connectivity index (χ0) is 16.8. The molecule has 0 bridgehead atoms. The number of carbonyl (C=O) groups excluding carboxylic acids is 1. The van der Waals surface area contributed by atoms with Crippen LogP contribution in [0.1, 0.15) is 12.2 Å². The van der Waals surface area contributed by atoms with Crippen LogP contribution in [0, 0.1) is 0 Å². The van der Waals surface area contributed by atoms with Gasteiger partial charge in [-0.25, -0.2) is 0 Å². The number of benzene rings is 2. The van der Waals surface area contributed by atoms with Gasteiger partial charge >= 0.3 is 5.97 Å². The van der Waals surface area contributed by atoms with E-state index in [0.717, 1.165) is 16.7 Å². The van der Waals surface area contributed by atoms with Gasteiger partial charge in [-0.3, -0.25) is 4.79 Å². The van der Waals surface area contributed by atoms with Gasteiger partial charge in [0, 0.05) is 5.39 Å². The summed E-state index contributed by atoms with van der Waals surface area (Å²) in [7, 11) is 1.61. The lowest BCUT2D eigenvalue weighted by Gasteiger charge is -2.07. The molecule has 24 heavy (non-hydrogen) atoms. The normalized spacial score (nSPS) is 10.5. The zero-order valence-electron chi connectivity index (χ0n) is 13.4. The van der Waals surface area contributed by atoms with E-state index < -0.39 is 0 Å². The van der Waals surface area contributed by atoms with E-state index in [9.17, 15) is 4.79 Å². The van der Waals surface area contributed by atoms with Crippen molar-refractivity contribution in [1.82, 2.24) is 0 Å². The molecule has 0 saturated carbocycles. The van der Waals surface area contributed by atoms with Crippen molar-refractivity contribution in [2.24, 2.45) is 0 Å². The summed E-state index contributed by atoms with van der Waals surface area (Å²) < 4.78 is 21.4. The molecular weight excluding hydrogens is 308 g/mol. The Bertz CT molecular complexity index is 771. The minimum Gasteiger partial charge on any atom is -0.497 e. The van der Waals surface area contributed by atoms with Gasteiger partial charge in [0.1, 0.15) is 29.4 Å². The van der Waals surface area contributed by atoms with Crippen molar-refractivity contribution in [2.45, 2.75) is 13.0 Å². The van der Waals surface area contributed by atoms with Gasteiger partial charge in [0.05, 0.1) is 20.1 Å². The maximum absolute atomic E-state index is 11.8. The molecule has 0 atom stereocenters. The molecule has 5 nitrogen and oxygen atoms in total. The van der Waals surface area contributed by atoms with Crippen LogP contribution in [0.4, 0.5) is 0 Å². The summed E-state index contributed by atoms with van der Waals surface area (Å²) >= 11 is 0. The molecule has 3 rings (SSSR count). The Morgan fingerprint density at radius 1 is 1.04 bits per heavy atom. The number of hydrogen-bond acceptors (Lipinski definition) is 5. The van der Waals surface area contributed by atoms with Crippen LogP contribution in [0.5, 0.6) is 11.5 Å². The quantitative estimate of drug-likeness (QED) is 0.615. The average molecular weight is 326 g/mol. The highest BCUT2D eigenvalue weighted by atomic mass is 16.5. The maximum atomic E-state index is 11.8. The van der Waals surface area contributed by atoms with E-state index in [2.05, 4.69) is 0 Å². The molecule has 0 saturated heterocycles. The lowest BCUT2D eigenvalue weighted by Crippen LogP contribution is -2.09. The molecule has 0 radical (unpaired) electrons. The molecule has 2 aromatic carbocycles. The van der Waals surface area contributed by atoms with Gasteiger partial charge < -0.3 is 18.6 Å². The fraction of sp³-hybridized carbons (Fsp3) is 0.211. The highest BCUT2D eigenvalue weighted by molar-refractivity contribution is 5.77. The first-order valence-corrected chi connectivity index (χ1v) is 7.64. The van der Waals surface area contributed by atoms with Gasteiger partial charge in [0.25, 0.3) is 0 Å². The molecule has 0 unspecified atom stereocenters. The predicted octanol–water partition coefficient (Wildman–Crippen LogP) is 3.95. The van der Waals surface area contributed by atoms with Crippen molar-refractivity contribution in [1.29, 1.82) is 0 Å². The summed E-state index contributed by atoms with van der Waals surface area (Å²) in [5.74, 6) is 1.73. The Morgan fingerprint density at radius 2 is 1.79 bits per heavy atom. The van der Waals surface area contributed by atoms with E-state index in [1.807, 2.05) is 30.3 Å². The molecule has 124 valence electrons. The van der Waals surface area contributed by atoms with E-state index in [0.29, 0.717) is 11.5 Å². The summed E-state index contributed by atoms with van der Waals surface area (Å²) in [6.45, 7) is 0.376. The number of fused-ring (bicyclic) bond motifs is 1. The van der Waals surface area contributed by atoms with Crippen LogP contribution in [-0.4, -0.2) is 19.7 Å². The van der Waals surface area contributed by atoms with E-state index in [1.54, 1.807) is 31.4 Å². The summed E-state index contributed by atoms with van der Waals surface area (Å²) in [5, 5.41) is 0.992. The van der Waals surface area contributed by atoms with E-state index >= 15 is 0 Å². The molecule has 0 spiro atoms. The van der Waals surface area contributed by atoms with Crippen molar-refractivity contribution in [3.63, 3.8) is 0 Å². The predicted molar refractivity (Wildman–Crippen MR) is 89.1 cm³/mol. The van der Waals surface area contributed by atoms with Crippen molar-refractivity contribution >= 4 is 16.9 Å². The molecule has 3 aromatic rings. The number of rotatable bonds is 7. The molecule has 0 aliphatic heterocycles. The topological polar surface area (TPSA) is 57.9 Å². The van der Waals surface area contributed by atoms with Crippen LogP contribution in [0.2, 0.25) is 0 Å². The zero-order valence-corrected chi connectivity index (χ0v) is 13.4. The van der Waals surface area contributed by atoms with Crippen molar-refractivity contribution < 1.29 is 23.4 Å². The van der Waals surface area contributed by atoms with Crippen LogP contribution in [0.15, 0.2) is 59.0 Å². The highest BCUT2D eigenvalue weighted by Gasteiger charge is 2.08. The third kappa shape index (κ3) is 4.07. The number of hydrogen-bond donors (Lipinski definition) is 0. The molecule has 1 aromatic heterocycles. The van der Waals surface area contributed by atoms with Gasteiger partial charge in [0.2, 0.25) is 0 Å². The minimum atomic E-state index is -0.330. The molecule has 0 fully saturated rings. The number of carbonyl (C=O) groups is 1. The maximum Gasteiger partial charge on any atom is 0.309 e. The lowest BCUT2D eigenvalue weighted by molar-refractivity contribution is -0.146. The second-order valence-electron chi connectivity index (χ2n) is 5.19. The number of para-hydroxylation sites is 1. The first-order chi connectivity index (χ1) is 11.7. The van der Waals surface area contributed by atoms with E-state index in [-0.39, 0.29) is 25.6 Å². The summed E-state index contributed by atoms with van der Waals surface area (Å²) in [4.78, 5) is 11.8. The number of ether oxygens (including phenoxy) is 3. The Hall–Kier alpha value is -2.95. The van der Waals surface area contributed by atoms with E-state index in [4.69, 9.17) is 18.6 Å². The Morgan fingerprint density at radius 3 is 2.54 bits per heavy atom. The molecule has 0 aliphatic carbocycles. The van der Waals surface area contributed by atoms with Crippen molar-refractivity contribution in [3.05, 3.63) is 60.4 Å². The molecule has 0 amide bonds. The second-order valence-corrected chi connectivity index (χ2v) is 5.19. The first kappa shape index (κ1) is 15.9. The van der Waals surface area contributed by atoms with Gasteiger partial charge in [-0.1, -0.05) is 18.2 Å². The number of furan rings is 1. The minimum absolute atomic E-state index is 0.121. The summed E-state index contributed by atoms with van der Waals surface area (Å²) in [5.41, 5.74) is 0.784. The second kappa shape index (κ2) is 7.55. The smallest absolute Gasteiger partial charge is 0.309 e. The van der Waals surface area contributed by atoms with Crippen LogP contribution >= 0.6 is 0 Å². The third-order valence-corrected chi connectivity index (χ3v) is 3.49. The van der Waals surface area contributed by atoms with Crippen molar-refractivity contribution in [3.8, 4) is 11.5 Å². The standard InChI is InChI=1S/C19H18O5/c1-21-15-6-8-16(9-7-15)22-11-10-19(20)23-13-17-12-14-4-2-3-5-18(14)24-17/h2-9,12H,10-11,13H2,1H3. The SMILES string of the molecule is COc1ccc(OCCC(=O)OCc2cc3ccccc3o2)cc1. The van der Waals surface area contributed by atoms with Crippen molar-refractivity contribution in [2.75, 3.05) is 13.7 Å². The summed E-state index contributed by atoms with van der Waals surface area (Å²) in [6.07, 6.45) is 0.173. The number of methoxy groups -OCH3 is 1. The molecular formula is C19H18O5. The highest BCUT2D eigenvalue weighted by Crippen LogP contribution is 2.20. The van der Waals surface area contributed by atoms with Gasteiger partial charge in [-0.15, -0.1) is 0 Å². The Kier molecular flexibility index (Phi) is 5.01. The largest absolute Gasteiger partial charge is 0.497 e. The average Bonchev–Trinajstić information content (AvgIpc) is 3.03. The van der Waals surface area contributed by atoms with Gasteiger partial charge in [-0.05, 0) is 36.4 Å². The number of esters is 1. The first-order valence-electron chi connectivity index (χ1n) is 7.64. The van der Waals surface area contributed by atoms with Crippen LogP contribution in [0.25, 0.3) is 11.0 Å². The van der Waals surface area contributed by atoms with Gasteiger partial charge in [0.15, 0.2) is 0 Å². The summed E-state index contributed by atoms with van der Waals surface area (Å²) in [6, 6.07) is 16.7.